The molecule has 0 bridgehead atoms. The average molecular weight is 406 g/mol. The van der Waals surface area contributed by atoms with Crippen LogP contribution in [0.15, 0.2) is 29.0 Å². The number of imide groups is 1. The van der Waals surface area contributed by atoms with Crippen molar-refractivity contribution in [2.24, 2.45) is 10.9 Å². The first-order valence-electron chi connectivity index (χ1n) is 9.60. The van der Waals surface area contributed by atoms with E-state index in [0.29, 0.717) is 32.5 Å². The monoisotopic (exact) mass is 406 g/mol. The molecule has 0 spiro atoms. The van der Waals surface area contributed by atoms with Crippen molar-refractivity contribution < 1.29 is 28.3 Å². The lowest BCUT2D eigenvalue weighted by Gasteiger charge is -2.39. The molecule has 1 fully saturated rings. The number of fused-ring (bicyclic) bond motifs is 1. The highest BCUT2D eigenvalue weighted by Gasteiger charge is 2.41. The average Bonchev–Trinajstić information content (AvgIpc) is 2.69. The molecule has 9 nitrogen and oxygen atoms in total. The number of urea groups is 2. The summed E-state index contributed by atoms with van der Waals surface area (Å²) < 4.78 is 18.3. The molecule has 1 unspecified atom stereocenters. The fourth-order valence-electron chi connectivity index (χ4n) is 3.56. The van der Waals surface area contributed by atoms with Gasteiger partial charge in [0.05, 0.1) is 18.7 Å². The van der Waals surface area contributed by atoms with Crippen LogP contribution >= 0.6 is 0 Å². The lowest BCUT2D eigenvalue weighted by atomic mass is 9.92. The van der Waals surface area contributed by atoms with Gasteiger partial charge < -0.3 is 15.0 Å². The SMILES string of the molecule is CCOC(=O)CCNC(=O)N1CCC(N2C(=O)N=C3C=CC(F)=CC3C2=O)CC1. The van der Waals surface area contributed by atoms with E-state index in [1.54, 1.807) is 11.8 Å². The van der Waals surface area contributed by atoms with Crippen molar-refractivity contribution >= 4 is 29.7 Å². The Morgan fingerprint density at radius 1 is 1.28 bits per heavy atom. The second-order valence-electron chi connectivity index (χ2n) is 6.90. The topological polar surface area (TPSA) is 108 Å². The van der Waals surface area contributed by atoms with Crippen molar-refractivity contribution in [3.63, 3.8) is 0 Å². The molecule has 1 aliphatic carbocycles. The number of rotatable bonds is 5. The molecule has 5 amide bonds. The zero-order valence-corrected chi connectivity index (χ0v) is 16.1. The number of nitrogens with zero attached hydrogens (tertiary/aromatic N) is 3. The number of allylic oxidation sites excluding steroid dienone is 3. The van der Waals surface area contributed by atoms with Gasteiger partial charge in [-0.15, -0.1) is 0 Å². The Hall–Kier alpha value is -3.04. The van der Waals surface area contributed by atoms with Crippen LogP contribution in [0, 0.1) is 5.92 Å². The van der Waals surface area contributed by atoms with E-state index >= 15 is 0 Å². The molecule has 3 aliphatic rings. The lowest BCUT2D eigenvalue weighted by Crippen LogP contribution is -2.55. The van der Waals surface area contributed by atoms with E-state index in [1.165, 1.54) is 12.2 Å². The third-order valence-electron chi connectivity index (χ3n) is 5.02. The predicted molar refractivity (Wildman–Crippen MR) is 101 cm³/mol. The normalized spacial score (nSPS) is 22.1. The maximum absolute atomic E-state index is 13.5. The molecule has 2 aliphatic heterocycles. The fourth-order valence-corrected chi connectivity index (χ4v) is 3.56. The zero-order chi connectivity index (χ0) is 21.0. The van der Waals surface area contributed by atoms with Crippen LogP contribution in [0.4, 0.5) is 14.0 Å². The Morgan fingerprint density at radius 2 is 2.00 bits per heavy atom. The van der Waals surface area contributed by atoms with Crippen LogP contribution in [0.3, 0.4) is 0 Å². The van der Waals surface area contributed by atoms with E-state index in [1.807, 2.05) is 0 Å². The molecule has 1 N–H and O–H groups in total. The molecule has 0 saturated carbocycles. The molecule has 1 saturated heterocycles. The van der Waals surface area contributed by atoms with Gasteiger partial charge in [0.25, 0.3) is 0 Å². The van der Waals surface area contributed by atoms with Gasteiger partial charge in [-0.25, -0.2) is 14.0 Å². The maximum atomic E-state index is 13.5. The van der Waals surface area contributed by atoms with E-state index in [0.717, 1.165) is 11.0 Å². The number of hydrogen-bond acceptors (Lipinski definition) is 5. The highest BCUT2D eigenvalue weighted by Crippen LogP contribution is 2.27. The molecule has 29 heavy (non-hydrogen) atoms. The van der Waals surface area contributed by atoms with Gasteiger partial charge in [-0.3, -0.25) is 14.5 Å². The van der Waals surface area contributed by atoms with Gasteiger partial charge in [-0.05, 0) is 38.0 Å². The number of carbonyl (C=O) groups is 4. The molecular weight excluding hydrogens is 383 g/mol. The standard InChI is InChI=1S/C19H23FN4O5/c1-2-29-16(25)5-8-21-18(27)23-9-6-13(7-10-23)24-17(26)14-11-12(20)3-4-15(14)22-19(24)28/h3-4,11,13-14H,2,5-10H2,1H3,(H,21,27). The smallest absolute Gasteiger partial charge is 0.350 e. The summed E-state index contributed by atoms with van der Waals surface area (Å²) in [5, 5.41) is 2.66. The Kier molecular flexibility index (Phi) is 6.40. The Morgan fingerprint density at radius 3 is 2.69 bits per heavy atom. The van der Waals surface area contributed by atoms with Gasteiger partial charge in [0.2, 0.25) is 5.91 Å². The number of likely N-dealkylation sites (tertiary alicyclic amines) is 1. The Balaban J connectivity index is 1.53. The summed E-state index contributed by atoms with van der Waals surface area (Å²) in [6.07, 6.45) is 4.57. The van der Waals surface area contributed by atoms with Crippen LogP contribution in [-0.4, -0.2) is 71.7 Å². The van der Waals surface area contributed by atoms with Crippen molar-refractivity contribution in [2.45, 2.75) is 32.2 Å². The number of esters is 1. The Bertz CT molecular complexity index is 798. The number of carbonyl (C=O) groups excluding carboxylic acids is 4. The highest BCUT2D eigenvalue weighted by molar-refractivity contribution is 6.21. The van der Waals surface area contributed by atoms with Crippen molar-refractivity contribution in [3.05, 3.63) is 24.1 Å². The van der Waals surface area contributed by atoms with Crippen molar-refractivity contribution in [3.8, 4) is 0 Å². The summed E-state index contributed by atoms with van der Waals surface area (Å²) in [5.74, 6) is -2.29. The number of amides is 5. The summed E-state index contributed by atoms with van der Waals surface area (Å²) in [7, 11) is 0. The first-order chi connectivity index (χ1) is 13.9. The maximum Gasteiger partial charge on any atom is 0.350 e. The first-order valence-corrected chi connectivity index (χ1v) is 9.60. The van der Waals surface area contributed by atoms with Gasteiger partial charge in [-0.1, -0.05) is 0 Å². The zero-order valence-electron chi connectivity index (χ0n) is 16.1. The van der Waals surface area contributed by atoms with Gasteiger partial charge in [0, 0.05) is 25.7 Å². The molecule has 3 rings (SSSR count). The number of halogens is 1. The minimum absolute atomic E-state index is 0.0904. The van der Waals surface area contributed by atoms with E-state index in [2.05, 4.69) is 10.3 Å². The minimum Gasteiger partial charge on any atom is -0.466 e. The third-order valence-corrected chi connectivity index (χ3v) is 5.02. The molecule has 1 atom stereocenters. The second-order valence-corrected chi connectivity index (χ2v) is 6.90. The number of ether oxygens (including phenoxy) is 1. The van der Waals surface area contributed by atoms with Crippen molar-refractivity contribution in [2.75, 3.05) is 26.2 Å². The molecule has 0 aromatic rings. The van der Waals surface area contributed by atoms with E-state index in [9.17, 15) is 23.6 Å². The largest absolute Gasteiger partial charge is 0.466 e. The van der Waals surface area contributed by atoms with E-state index < -0.39 is 29.7 Å². The van der Waals surface area contributed by atoms with E-state index in [4.69, 9.17) is 4.74 Å². The van der Waals surface area contributed by atoms with Gasteiger partial charge in [-0.2, -0.15) is 4.99 Å². The van der Waals surface area contributed by atoms with Gasteiger partial charge >= 0.3 is 18.0 Å². The number of aliphatic imine (C=N–C) groups is 1. The number of hydrogen-bond donors (Lipinski definition) is 1. The van der Waals surface area contributed by atoms with Crippen LogP contribution in [0.25, 0.3) is 0 Å². The van der Waals surface area contributed by atoms with Gasteiger partial charge in [0.1, 0.15) is 11.7 Å². The van der Waals surface area contributed by atoms with Crippen LogP contribution < -0.4 is 5.32 Å². The fraction of sp³-hybridized carbons (Fsp3) is 0.526. The quantitative estimate of drug-likeness (QED) is 0.697. The molecule has 2 heterocycles. The van der Waals surface area contributed by atoms with Crippen LogP contribution in [0.5, 0.6) is 0 Å². The summed E-state index contributed by atoms with van der Waals surface area (Å²) in [4.78, 5) is 55.2. The highest BCUT2D eigenvalue weighted by atomic mass is 19.1. The molecule has 0 aromatic carbocycles. The Labute approximate surface area is 167 Å². The van der Waals surface area contributed by atoms with Gasteiger partial charge in [0.15, 0.2) is 0 Å². The van der Waals surface area contributed by atoms with E-state index in [-0.39, 0.29) is 30.7 Å². The molecule has 10 heteroatoms. The predicted octanol–water partition coefficient (Wildman–Crippen LogP) is 1.56. The van der Waals surface area contributed by atoms with Crippen LogP contribution in [0.1, 0.15) is 26.2 Å². The first kappa shape index (κ1) is 20.7. The lowest BCUT2D eigenvalue weighted by molar-refractivity contribution is -0.142. The van der Waals surface area contributed by atoms with Crippen molar-refractivity contribution in [1.29, 1.82) is 0 Å². The summed E-state index contributed by atoms with van der Waals surface area (Å²) >= 11 is 0. The number of nitrogens with one attached hydrogen (secondary N) is 1. The minimum atomic E-state index is -0.887. The molecule has 0 radical (unpaired) electrons. The summed E-state index contributed by atoms with van der Waals surface area (Å²) in [6, 6.07) is -1.36. The van der Waals surface area contributed by atoms with Crippen molar-refractivity contribution in [1.82, 2.24) is 15.1 Å². The molecule has 0 aromatic heterocycles. The number of piperidine rings is 1. The second kappa shape index (κ2) is 8.97. The molecular formula is C19H23FN4O5. The van der Waals surface area contributed by atoms with Crippen LogP contribution in [0.2, 0.25) is 0 Å². The summed E-state index contributed by atoms with van der Waals surface area (Å²) in [5.41, 5.74) is 0.246. The molecule has 156 valence electrons. The summed E-state index contributed by atoms with van der Waals surface area (Å²) in [6.45, 7) is 2.86. The third kappa shape index (κ3) is 4.69. The van der Waals surface area contributed by atoms with Crippen LogP contribution in [-0.2, 0) is 14.3 Å².